The van der Waals surface area contributed by atoms with Gasteiger partial charge < -0.3 is 15.0 Å². The van der Waals surface area contributed by atoms with Crippen LogP contribution in [0.2, 0.25) is 0 Å². The molecule has 0 saturated heterocycles. The highest BCUT2D eigenvalue weighted by Crippen LogP contribution is 2.27. The van der Waals surface area contributed by atoms with E-state index in [4.69, 9.17) is 5.11 Å². The van der Waals surface area contributed by atoms with Crippen molar-refractivity contribution < 1.29 is 14.7 Å². The Morgan fingerprint density at radius 2 is 2.17 bits per heavy atom. The number of nitrogens with one attached hydrogen (secondary N) is 1. The summed E-state index contributed by atoms with van der Waals surface area (Å²) < 4.78 is 0. The fraction of sp³-hybridized carbons (Fsp3) is 0.417. The topological polar surface area (TPSA) is 90.5 Å². The molecule has 96 valence electrons. The summed E-state index contributed by atoms with van der Waals surface area (Å²) in [5.74, 6) is -1.34. The molecule has 1 heterocycles. The van der Waals surface area contributed by atoms with Crippen molar-refractivity contribution in [2.75, 3.05) is 6.54 Å². The van der Waals surface area contributed by atoms with Crippen LogP contribution in [0.1, 0.15) is 29.6 Å². The lowest BCUT2D eigenvalue weighted by atomic mass is 10.2. The van der Waals surface area contributed by atoms with Crippen LogP contribution in [-0.2, 0) is 4.79 Å². The van der Waals surface area contributed by atoms with Crippen LogP contribution in [0.3, 0.4) is 0 Å². The summed E-state index contributed by atoms with van der Waals surface area (Å²) in [6.45, 7) is 0.146. The molecule has 1 aromatic heterocycles. The molecule has 2 N–H and O–H groups in total. The predicted molar refractivity (Wildman–Crippen MR) is 63.4 cm³/mol. The van der Waals surface area contributed by atoms with Gasteiger partial charge in [-0.25, -0.2) is 0 Å². The van der Waals surface area contributed by atoms with Crippen molar-refractivity contribution in [3.8, 4) is 0 Å². The minimum absolute atomic E-state index is 0.0646. The standard InChI is InChI=1S/C12H14N2O4/c15-10-3-5-13-7-9(10)12(18)14(8-1-2-8)6-4-11(16)17/h3,5,7-8H,1-2,4,6H2,(H,13,15)(H,16,17). The maximum atomic E-state index is 12.2. The molecule has 0 bridgehead atoms. The molecule has 2 rings (SSSR count). The molecule has 1 aliphatic carbocycles. The van der Waals surface area contributed by atoms with Gasteiger partial charge in [-0.15, -0.1) is 0 Å². The van der Waals surface area contributed by atoms with Crippen molar-refractivity contribution in [3.63, 3.8) is 0 Å². The molecule has 0 unspecified atom stereocenters. The molecule has 0 aromatic carbocycles. The van der Waals surface area contributed by atoms with Gasteiger partial charge in [0.25, 0.3) is 5.91 Å². The summed E-state index contributed by atoms with van der Waals surface area (Å²) in [4.78, 5) is 38.5. The third-order valence-corrected chi connectivity index (χ3v) is 2.87. The number of carbonyl (C=O) groups excluding carboxylic acids is 1. The second-order valence-corrected chi connectivity index (χ2v) is 4.30. The fourth-order valence-electron chi connectivity index (χ4n) is 1.79. The van der Waals surface area contributed by atoms with Crippen LogP contribution >= 0.6 is 0 Å². The zero-order valence-electron chi connectivity index (χ0n) is 9.76. The van der Waals surface area contributed by atoms with E-state index in [9.17, 15) is 14.4 Å². The first-order valence-corrected chi connectivity index (χ1v) is 5.79. The Labute approximate surface area is 103 Å². The first-order valence-electron chi connectivity index (χ1n) is 5.79. The van der Waals surface area contributed by atoms with Crippen LogP contribution in [0.25, 0.3) is 0 Å². The Bertz CT molecular complexity index is 519. The van der Waals surface area contributed by atoms with Crippen LogP contribution < -0.4 is 5.43 Å². The van der Waals surface area contributed by atoms with Crippen LogP contribution in [0.4, 0.5) is 0 Å². The molecule has 1 aliphatic rings. The lowest BCUT2D eigenvalue weighted by Crippen LogP contribution is -2.37. The van der Waals surface area contributed by atoms with E-state index in [1.165, 1.54) is 23.4 Å². The van der Waals surface area contributed by atoms with Crippen molar-refractivity contribution in [2.45, 2.75) is 25.3 Å². The number of aromatic amines is 1. The van der Waals surface area contributed by atoms with Gasteiger partial charge in [0.05, 0.1) is 6.42 Å². The Balaban J connectivity index is 2.16. The second kappa shape index (κ2) is 5.03. The Morgan fingerprint density at radius 1 is 1.44 bits per heavy atom. The fourth-order valence-corrected chi connectivity index (χ4v) is 1.79. The van der Waals surface area contributed by atoms with Gasteiger partial charge in [-0.05, 0) is 12.8 Å². The van der Waals surface area contributed by atoms with Crippen LogP contribution in [0.5, 0.6) is 0 Å². The number of rotatable bonds is 5. The lowest BCUT2D eigenvalue weighted by Gasteiger charge is -2.21. The third-order valence-electron chi connectivity index (χ3n) is 2.87. The van der Waals surface area contributed by atoms with E-state index in [2.05, 4.69) is 4.98 Å². The molecule has 1 amide bonds. The molecule has 18 heavy (non-hydrogen) atoms. The van der Waals surface area contributed by atoms with Crippen LogP contribution in [0.15, 0.2) is 23.3 Å². The molecule has 6 nitrogen and oxygen atoms in total. The number of carbonyl (C=O) groups is 2. The SMILES string of the molecule is O=C(O)CCN(C(=O)c1c[nH]ccc1=O)C1CC1. The molecular weight excluding hydrogens is 236 g/mol. The second-order valence-electron chi connectivity index (χ2n) is 4.30. The van der Waals surface area contributed by atoms with Gasteiger partial charge in [0.15, 0.2) is 5.43 Å². The van der Waals surface area contributed by atoms with Gasteiger partial charge in [0.2, 0.25) is 0 Å². The number of amides is 1. The molecule has 1 aromatic rings. The molecule has 1 fully saturated rings. The highest BCUT2D eigenvalue weighted by molar-refractivity contribution is 5.94. The quantitative estimate of drug-likeness (QED) is 0.794. The largest absolute Gasteiger partial charge is 0.481 e. The molecular formula is C12H14N2O4. The average molecular weight is 250 g/mol. The van der Waals surface area contributed by atoms with E-state index in [-0.39, 0.29) is 35.9 Å². The first kappa shape index (κ1) is 12.3. The van der Waals surface area contributed by atoms with Gasteiger partial charge in [0, 0.05) is 31.0 Å². The predicted octanol–water partition coefficient (Wildman–Crippen LogP) is 0.454. The lowest BCUT2D eigenvalue weighted by molar-refractivity contribution is -0.137. The van der Waals surface area contributed by atoms with Crippen molar-refractivity contribution in [3.05, 3.63) is 34.2 Å². The highest BCUT2D eigenvalue weighted by Gasteiger charge is 2.33. The third kappa shape index (κ3) is 2.77. The minimum atomic E-state index is -0.949. The minimum Gasteiger partial charge on any atom is -0.481 e. The Morgan fingerprint density at radius 3 is 2.72 bits per heavy atom. The van der Waals surface area contributed by atoms with E-state index < -0.39 is 5.97 Å². The number of hydrogen-bond donors (Lipinski definition) is 2. The maximum Gasteiger partial charge on any atom is 0.305 e. The zero-order valence-corrected chi connectivity index (χ0v) is 9.76. The number of pyridine rings is 1. The maximum absolute atomic E-state index is 12.2. The summed E-state index contributed by atoms with van der Waals surface area (Å²) in [6, 6.07) is 1.37. The van der Waals surface area contributed by atoms with Crippen LogP contribution in [-0.4, -0.2) is 39.5 Å². The molecule has 0 aliphatic heterocycles. The van der Waals surface area contributed by atoms with Crippen molar-refractivity contribution in [1.29, 1.82) is 0 Å². The van der Waals surface area contributed by atoms with Gasteiger partial charge >= 0.3 is 5.97 Å². The number of H-pyrrole nitrogens is 1. The van der Waals surface area contributed by atoms with Gasteiger partial charge in [-0.1, -0.05) is 0 Å². The number of carboxylic acid groups (broad SMARTS) is 1. The molecule has 1 saturated carbocycles. The van der Waals surface area contributed by atoms with E-state index in [1.807, 2.05) is 0 Å². The number of aromatic nitrogens is 1. The molecule has 6 heteroatoms. The van der Waals surface area contributed by atoms with Gasteiger partial charge in [-0.2, -0.15) is 0 Å². The van der Waals surface area contributed by atoms with E-state index in [0.717, 1.165) is 12.8 Å². The Kier molecular flexibility index (Phi) is 3.45. The van der Waals surface area contributed by atoms with Crippen molar-refractivity contribution in [2.24, 2.45) is 0 Å². The van der Waals surface area contributed by atoms with E-state index in [1.54, 1.807) is 0 Å². The van der Waals surface area contributed by atoms with Gasteiger partial charge in [-0.3, -0.25) is 14.4 Å². The summed E-state index contributed by atoms with van der Waals surface area (Å²) in [7, 11) is 0. The smallest absolute Gasteiger partial charge is 0.305 e. The monoisotopic (exact) mass is 250 g/mol. The Hall–Kier alpha value is -2.11. The first-order chi connectivity index (χ1) is 8.59. The van der Waals surface area contributed by atoms with E-state index >= 15 is 0 Å². The summed E-state index contributed by atoms with van der Waals surface area (Å²) in [6.07, 6.45) is 4.46. The number of carboxylic acids is 1. The average Bonchev–Trinajstić information content (AvgIpc) is 3.13. The summed E-state index contributed by atoms with van der Waals surface area (Å²) in [5.41, 5.74) is -0.283. The number of hydrogen-bond acceptors (Lipinski definition) is 3. The highest BCUT2D eigenvalue weighted by atomic mass is 16.4. The number of nitrogens with zero attached hydrogens (tertiary/aromatic N) is 1. The normalized spacial score (nSPS) is 14.2. The number of aliphatic carboxylic acids is 1. The van der Waals surface area contributed by atoms with Gasteiger partial charge in [0.1, 0.15) is 5.56 Å². The molecule has 0 atom stereocenters. The summed E-state index contributed by atoms with van der Waals surface area (Å²) >= 11 is 0. The van der Waals surface area contributed by atoms with Crippen molar-refractivity contribution >= 4 is 11.9 Å². The van der Waals surface area contributed by atoms with Crippen LogP contribution in [0, 0.1) is 0 Å². The van der Waals surface area contributed by atoms with Crippen molar-refractivity contribution in [1.82, 2.24) is 9.88 Å². The summed E-state index contributed by atoms with van der Waals surface area (Å²) in [5, 5.41) is 8.67. The zero-order chi connectivity index (χ0) is 13.1. The molecule has 0 radical (unpaired) electrons. The van der Waals surface area contributed by atoms with E-state index in [0.29, 0.717) is 0 Å². The molecule has 0 spiro atoms.